The number of aryl methyl sites for hydroxylation is 2. The summed E-state index contributed by atoms with van der Waals surface area (Å²) in [7, 11) is 0. The van der Waals surface area contributed by atoms with Crippen molar-refractivity contribution in [2.45, 2.75) is 20.3 Å². The molecule has 0 atom stereocenters. The van der Waals surface area contributed by atoms with Crippen LogP contribution in [-0.4, -0.2) is 16.5 Å². The smallest absolute Gasteiger partial charge is 0.248 e. The van der Waals surface area contributed by atoms with Crippen LogP contribution in [0.5, 0.6) is 11.6 Å². The summed E-state index contributed by atoms with van der Waals surface area (Å²) < 4.78 is 5.96. The number of hydrogen-bond acceptors (Lipinski definition) is 5. The van der Waals surface area contributed by atoms with E-state index in [-0.39, 0.29) is 0 Å². The fourth-order valence-electron chi connectivity index (χ4n) is 3.33. The second kappa shape index (κ2) is 6.09. The van der Waals surface area contributed by atoms with Crippen LogP contribution >= 0.6 is 0 Å². The Labute approximate surface area is 147 Å². The Morgan fingerprint density at radius 1 is 1.04 bits per heavy atom. The van der Waals surface area contributed by atoms with Crippen LogP contribution in [0.15, 0.2) is 48.8 Å². The molecule has 25 heavy (non-hydrogen) atoms. The first-order valence-electron chi connectivity index (χ1n) is 8.34. The van der Waals surface area contributed by atoms with Crippen molar-refractivity contribution in [3.63, 3.8) is 0 Å². The number of nitrogen functional groups attached to an aromatic ring is 1. The molecule has 4 rings (SSSR count). The second-order valence-corrected chi connectivity index (χ2v) is 6.37. The fourth-order valence-corrected chi connectivity index (χ4v) is 3.33. The Morgan fingerprint density at radius 3 is 2.60 bits per heavy atom. The van der Waals surface area contributed by atoms with Crippen LogP contribution in [0.25, 0.3) is 0 Å². The van der Waals surface area contributed by atoms with Crippen molar-refractivity contribution in [2.24, 2.45) is 0 Å². The average Bonchev–Trinajstić information content (AvgIpc) is 3.00. The molecule has 0 spiro atoms. The van der Waals surface area contributed by atoms with E-state index in [0.29, 0.717) is 17.4 Å². The summed E-state index contributed by atoms with van der Waals surface area (Å²) in [4.78, 5) is 10.8. The number of ether oxygens (including phenoxy) is 1. The van der Waals surface area contributed by atoms with E-state index in [9.17, 15) is 0 Å². The minimum Gasteiger partial charge on any atom is -0.437 e. The first-order chi connectivity index (χ1) is 12.1. The molecule has 2 heterocycles. The fraction of sp³-hybridized carbons (Fsp3) is 0.200. The molecular formula is C20H20N4O. The molecule has 5 heteroatoms. The molecule has 5 nitrogen and oxygen atoms in total. The molecule has 3 aromatic rings. The molecule has 0 amide bonds. The lowest BCUT2D eigenvalue weighted by Crippen LogP contribution is -2.17. The summed E-state index contributed by atoms with van der Waals surface area (Å²) in [5.74, 6) is 1.81. The molecule has 0 aliphatic carbocycles. The largest absolute Gasteiger partial charge is 0.437 e. The number of anilines is 3. The van der Waals surface area contributed by atoms with E-state index in [1.165, 1.54) is 11.9 Å². The van der Waals surface area contributed by atoms with Gasteiger partial charge in [0.15, 0.2) is 5.82 Å². The Kier molecular flexibility index (Phi) is 3.76. The maximum absolute atomic E-state index is 6.35. The van der Waals surface area contributed by atoms with Gasteiger partial charge in [-0.05, 0) is 55.2 Å². The quantitative estimate of drug-likeness (QED) is 0.780. The zero-order valence-electron chi connectivity index (χ0n) is 14.4. The molecule has 1 aliphatic heterocycles. The van der Waals surface area contributed by atoms with Crippen LogP contribution < -0.4 is 15.4 Å². The van der Waals surface area contributed by atoms with Gasteiger partial charge >= 0.3 is 0 Å². The molecule has 0 radical (unpaired) electrons. The van der Waals surface area contributed by atoms with Crippen LogP contribution in [0, 0.1) is 13.8 Å². The molecule has 0 saturated carbocycles. The van der Waals surface area contributed by atoms with Gasteiger partial charge in [-0.15, -0.1) is 0 Å². The minimum atomic E-state index is 0.388. The lowest BCUT2D eigenvalue weighted by molar-refractivity contribution is 0.463. The van der Waals surface area contributed by atoms with Crippen molar-refractivity contribution in [1.82, 2.24) is 9.97 Å². The number of benzene rings is 2. The monoisotopic (exact) mass is 332 g/mol. The summed E-state index contributed by atoms with van der Waals surface area (Å²) in [6.07, 6.45) is 2.48. The maximum atomic E-state index is 6.35. The highest BCUT2D eigenvalue weighted by molar-refractivity contribution is 5.77. The number of aromatic nitrogens is 2. The van der Waals surface area contributed by atoms with Gasteiger partial charge in [0.25, 0.3) is 0 Å². The van der Waals surface area contributed by atoms with Gasteiger partial charge in [0.2, 0.25) is 5.88 Å². The summed E-state index contributed by atoms with van der Waals surface area (Å²) >= 11 is 0. The second-order valence-electron chi connectivity index (χ2n) is 6.37. The number of rotatable bonds is 3. The van der Waals surface area contributed by atoms with E-state index in [1.54, 1.807) is 0 Å². The van der Waals surface area contributed by atoms with E-state index in [0.717, 1.165) is 35.5 Å². The van der Waals surface area contributed by atoms with E-state index < -0.39 is 0 Å². The Morgan fingerprint density at radius 2 is 1.80 bits per heavy atom. The molecular weight excluding hydrogens is 312 g/mol. The highest BCUT2D eigenvalue weighted by atomic mass is 16.5. The van der Waals surface area contributed by atoms with E-state index in [2.05, 4.69) is 39.1 Å². The third-order valence-corrected chi connectivity index (χ3v) is 4.38. The Balaban J connectivity index is 1.69. The van der Waals surface area contributed by atoms with Crippen molar-refractivity contribution in [3.8, 4) is 11.6 Å². The van der Waals surface area contributed by atoms with Crippen molar-refractivity contribution in [1.29, 1.82) is 0 Å². The SMILES string of the molecule is Cc1cc(C)cc(Oc2ncnc(N3CCc4ccccc43)c2N)c1. The van der Waals surface area contributed by atoms with Crippen molar-refractivity contribution in [3.05, 3.63) is 65.5 Å². The molecule has 2 aromatic carbocycles. The predicted octanol–water partition coefficient (Wildman–Crippen LogP) is 4.16. The van der Waals surface area contributed by atoms with Gasteiger partial charge < -0.3 is 15.4 Å². The van der Waals surface area contributed by atoms with E-state index >= 15 is 0 Å². The van der Waals surface area contributed by atoms with Gasteiger partial charge in [-0.2, -0.15) is 4.98 Å². The Hall–Kier alpha value is -3.08. The predicted molar refractivity (Wildman–Crippen MR) is 99.6 cm³/mol. The maximum Gasteiger partial charge on any atom is 0.248 e. The summed E-state index contributed by atoms with van der Waals surface area (Å²) in [6.45, 7) is 4.93. The topological polar surface area (TPSA) is 64.3 Å². The van der Waals surface area contributed by atoms with Gasteiger partial charge in [0.1, 0.15) is 17.8 Å². The summed E-state index contributed by atoms with van der Waals surface area (Å²) in [5.41, 5.74) is 11.5. The van der Waals surface area contributed by atoms with Crippen LogP contribution in [0.2, 0.25) is 0 Å². The van der Waals surface area contributed by atoms with Crippen molar-refractivity contribution in [2.75, 3.05) is 17.2 Å². The number of fused-ring (bicyclic) bond motifs is 1. The van der Waals surface area contributed by atoms with Crippen LogP contribution in [0.3, 0.4) is 0 Å². The number of hydrogen-bond donors (Lipinski definition) is 1. The molecule has 0 fully saturated rings. The number of nitrogens with two attached hydrogens (primary N) is 1. The van der Waals surface area contributed by atoms with Crippen LogP contribution in [0.4, 0.5) is 17.2 Å². The number of para-hydroxylation sites is 1. The highest BCUT2D eigenvalue weighted by Gasteiger charge is 2.24. The number of nitrogens with zero attached hydrogens (tertiary/aromatic N) is 3. The standard InChI is InChI=1S/C20H20N4O/c1-13-9-14(2)11-16(10-13)25-20-18(21)19(22-12-23-20)24-8-7-15-5-3-4-6-17(15)24/h3-6,9-12H,7-8,21H2,1-2H3. The van der Waals surface area contributed by atoms with Crippen molar-refractivity contribution < 1.29 is 4.74 Å². The van der Waals surface area contributed by atoms with Gasteiger partial charge in [-0.3, -0.25) is 0 Å². The van der Waals surface area contributed by atoms with Crippen molar-refractivity contribution >= 4 is 17.2 Å². The molecule has 2 N–H and O–H groups in total. The van der Waals surface area contributed by atoms with Crippen LogP contribution in [0.1, 0.15) is 16.7 Å². The Bertz CT molecular complexity index is 918. The van der Waals surface area contributed by atoms with Crippen LogP contribution in [-0.2, 0) is 6.42 Å². The molecule has 1 aliphatic rings. The molecule has 0 unspecified atom stereocenters. The molecule has 1 aromatic heterocycles. The zero-order chi connectivity index (χ0) is 17.4. The third kappa shape index (κ3) is 2.89. The lowest BCUT2D eigenvalue weighted by Gasteiger charge is -2.20. The highest BCUT2D eigenvalue weighted by Crippen LogP contribution is 2.39. The molecule has 0 saturated heterocycles. The molecule has 0 bridgehead atoms. The normalized spacial score (nSPS) is 13.0. The van der Waals surface area contributed by atoms with Gasteiger partial charge in [0, 0.05) is 12.2 Å². The van der Waals surface area contributed by atoms with Gasteiger partial charge in [0.05, 0.1) is 0 Å². The minimum absolute atomic E-state index is 0.388. The van der Waals surface area contributed by atoms with E-state index in [1.807, 2.05) is 32.0 Å². The van der Waals surface area contributed by atoms with Gasteiger partial charge in [-0.1, -0.05) is 24.3 Å². The zero-order valence-corrected chi connectivity index (χ0v) is 14.4. The average molecular weight is 332 g/mol. The first kappa shape index (κ1) is 15.4. The summed E-state index contributed by atoms with van der Waals surface area (Å²) in [6, 6.07) is 14.4. The summed E-state index contributed by atoms with van der Waals surface area (Å²) in [5, 5.41) is 0. The van der Waals surface area contributed by atoms with E-state index in [4.69, 9.17) is 10.5 Å². The first-order valence-corrected chi connectivity index (χ1v) is 8.34. The lowest BCUT2D eigenvalue weighted by atomic mass is 10.1. The molecule has 126 valence electrons. The third-order valence-electron chi connectivity index (χ3n) is 4.38. The van der Waals surface area contributed by atoms with Gasteiger partial charge in [-0.25, -0.2) is 4.98 Å².